The van der Waals surface area contributed by atoms with E-state index in [2.05, 4.69) is 39.3 Å². The predicted octanol–water partition coefficient (Wildman–Crippen LogP) is 6.96. The van der Waals surface area contributed by atoms with Crippen LogP contribution in [0.1, 0.15) is 59.1 Å². The van der Waals surface area contributed by atoms with Gasteiger partial charge in [0.2, 0.25) is 0 Å². The quantitative estimate of drug-likeness (QED) is 0.193. The maximum absolute atomic E-state index is 13.3. The van der Waals surface area contributed by atoms with E-state index >= 15 is 0 Å². The van der Waals surface area contributed by atoms with Crippen LogP contribution in [-0.4, -0.2) is 36.8 Å². The van der Waals surface area contributed by atoms with Gasteiger partial charge in [-0.1, -0.05) is 48.9 Å². The molecule has 0 bridgehead atoms. The molecule has 3 aromatic heterocycles. The van der Waals surface area contributed by atoms with Gasteiger partial charge in [-0.2, -0.15) is 13.2 Å². The van der Waals surface area contributed by atoms with Crippen molar-refractivity contribution in [1.82, 2.24) is 24.5 Å². The molecule has 5 aromatic rings. The Morgan fingerprint density at radius 1 is 0.976 bits per heavy atom. The highest BCUT2D eigenvalue weighted by atomic mass is 19.4. The number of hydrogen-bond acceptors (Lipinski definition) is 6. The SMILES string of the molecule is CC(Nc1nc(C=O)nc2nc(-c3cc(Cc4ccccc4)ccn3)n(Cc3ccc(C(F)(F)F)cc3)c12)C1CCC1. The summed E-state index contributed by atoms with van der Waals surface area (Å²) in [5, 5.41) is 3.49. The Bertz CT molecular complexity index is 1710. The summed E-state index contributed by atoms with van der Waals surface area (Å²) >= 11 is 0. The zero-order valence-electron chi connectivity index (χ0n) is 23.0. The largest absolute Gasteiger partial charge is 0.416 e. The van der Waals surface area contributed by atoms with Gasteiger partial charge in [0.15, 0.2) is 29.4 Å². The van der Waals surface area contributed by atoms with Crippen molar-refractivity contribution in [3.63, 3.8) is 0 Å². The van der Waals surface area contributed by atoms with Crippen molar-refractivity contribution in [1.29, 1.82) is 0 Å². The normalized spacial score (nSPS) is 14.5. The number of rotatable bonds is 9. The lowest BCUT2D eigenvalue weighted by Gasteiger charge is -2.32. The van der Waals surface area contributed by atoms with Gasteiger partial charge in [0, 0.05) is 18.8 Å². The fourth-order valence-electron chi connectivity index (χ4n) is 5.35. The molecule has 0 amide bonds. The van der Waals surface area contributed by atoms with Gasteiger partial charge in [-0.05, 0) is 73.1 Å². The molecule has 0 radical (unpaired) electrons. The summed E-state index contributed by atoms with van der Waals surface area (Å²) in [7, 11) is 0. The number of fused-ring (bicyclic) bond motifs is 1. The van der Waals surface area contributed by atoms with Gasteiger partial charge in [0.05, 0.1) is 5.56 Å². The van der Waals surface area contributed by atoms with Gasteiger partial charge in [0.1, 0.15) is 11.2 Å². The number of benzene rings is 2. The van der Waals surface area contributed by atoms with Crippen molar-refractivity contribution in [2.45, 2.75) is 51.4 Å². The van der Waals surface area contributed by atoms with Crippen molar-refractivity contribution < 1.29 is 18.0 Å². The molecule has 42 heavy (non-hydrogen) atoms. The van der Waals surface area contributed by atoms with E-state index < -0.39 is 11.7 Å². The first kappa shape index (κ1) is 27.6. The average Bonchev–Trinajstić information content (AvgIpc) is 3.31. The molecule has 1 N–H and O–H groups in total. The summed E-state index contributed by atoms with van der Waals surface area (Å²) in [6.07, 6.45) is 1.96. The number of aldehydes is 1. The Labute approximate surface area is 240 Å². The van der Waals surface area contributed by atoms with Crippen molar-refractivity contribution in [3.05, 3.63) is 101 Å². The number of carbonyl (C=O) groups is 1. The van der Waals surface area contributed by atoms with E-state index in [0.717, 1.165) is 36.1 Å². The number of halogens is 3. The minimum Gasteiger partial charge on any atom is -0.365 e. The Morgan fingerprint density at radius 3 is 2.40 bits per heavy atom. The molecule has 0 aliphatic heterocycles. The second-order valence-corrected chi connectivity index (χ2v) is 10.8. The van der Waals surface area contributed by atoms with Gasteiger partial charge < -0.3 is 9.88 Å². The molecule has 7 nitrogen and oxygen atoms in total. The van der Waals surface area contributed by atoms with E-state index in [4.69, 9.17) is 4.98 Å². The Balaban J connectivity index is 1.47. The van der Waals surface area contributed by atoms with Crippen LogP contribution in [0.5, 0.6) is 0 Å². The van der Waals surface area contributed by atoms with Crippen LogP contribution in [0.15, 0.2) is 72.9 Å². The number of pyridine rings is 1. The Hall–Kier alpha value is -4.60. The van der Waals surface area contributed by atoms with Crippen LogP contribution in [0.3, 0.4) is 0 Å². The summed E-state index contributed by atoms with van der Waals surface area (Å²) in [6, 6.07) is 19.1. The second kappa shape index (κ2) is 11.3. The number of anilines is 1. The molecule has 1 aliphatic rings. The van der Waals surface area contributed by atoms with Crippen LogP contribution in [-0.2, 0) is 19.1 Å². The molecule has 1 aliphatic carbocycles. The van der Waals surface area contributed by atoms with Gasteiger partial charge >= 0.3 is 6.18 Å². The van der Waals surface area contributed by atoms with E-state index in [-0.39, 0.29) is 18.4 Å². The Morgan fingerprint density at radius 2 is 1.74 bits per heavy atom. The van der Waals surface area contributed by atoms with Crippen molar-refractivity contribution >= 4 is 23.3 Å². The molecule has 2 aromatic carbocycles. The fraction of sp³-hybridized carbons (Fsp3) is 0.281. The van der Waals surface area contributed by atoms with E-state index in [1.807, 2.05) is 34.9 Å². The van der Waals surface area contributed by atoms with Gasteiger partial charge in [-0.15, -0.1) is 0 Å². The molecule has 214 valence electrons. The Kier molecular flexibility index (Phi) is 7.45. The smallest absolute Gasteiger partial charge is 0.365 e. The van der Waals surface area contributed by atoms with Crippen molar-refractivity contribution in [2.75, 3.05) is 5.32 Å². The summed E-state index contributed by atoms with van der Waals surface area (Å²) < 4.78 is 41.6. The zero-order chi connectivity index (χ0) is 29.3. The lowest BCUT2D eigenvalue weighted by Crippen LogP contribution is -2.31. The lowest BCUT2D eigenvalue weighted by atomic mass is 9.80. The standard InChI is InChI=1S/C32H29F3N6O/c1-20(24-8-5-9-24)37-29-28-30(39-27(19-42)38-29)40-31(41(28)18-22-10-12-25(13-11-22)32(33,34)35)26-17-23(14-15-36-26)16-21-6-3-2-4-7-21/h2-4,6-7,10-15,17,19-20,24H,5,8-9,16,18H2,1H3,(H,37,38,39). The van der Waals surface area contributed by atoms with Crippen LogP contribution in [0.25, 0.3) is 22.7 Å². The second-order valence-electron chi connectivity index (χ2n) is 10.8. The topological polar surface area (TPSA) is 85.6 Å². The molecule has 1 unspecified atom stereocenters. The minimum absolute atomic E-state index is 0.00215. The molecule has 1 saturated carbocycles. The predicted molar refractivity (Wildman–Crippen MR) is 154 cm³/mol. The first-order valence-electron chi connectivity index (χ1n) is 13.9. The van der Waals surface area contributed by atoms with Crippen molar-refractivity contribution in [2.24, 2.45) is 5.92 Å². The molecule has 0 saturated heterocycles. The van der Waals surface area contributed by atoms with Gasteiger partial charge in [0.25, 0.3) is 0 Å². The maximum Gasteiger partial charge on any atom is 0.416 e. The summed E-state index contributed by atoms with van der Waals surface area (Å²) in [5.74, 6) is 1.43. The summed E-state index contributed by atoms with van der Waals surface area (Å²) in [5.41, 5.74) is 3.56. The van der Waals surface area contributed by atoms with E-state index in [1.54, 1.807) is 6.20 Å². The third-order valence-corrected chi connectivity index (χ3v) is 7.87. The summed E-state index contributed by atoms with van der Waals surface area (Å²) in [4.78, 5) is 30.1. The fourth-order valence-corrected chi connectivity index (χ4v) is 5.35. The molecule has 1 fully saturated rings. The number of aromatic nitrogens is 5. The molecular weight excluding hydrogens is 541 g/mol. The first-order chi connectivity index (χ1) is 20.3. The minimum atomic E-state index is -4.43. The zero-order valence-corrected chi connectivity index (χ0v) is 23.0. The lowest BCUT2D eigenvalue weighted by molar-refractivity contribution is -0.137. The maximum atomic E-state index is 13.3. The van der Waals surface area contributed by atoms with E-state index in [1.165, 1.54) is 18.6 Å². The van der Waals surface area contributed by atoms with E-state index in [0.29, 0.717) is 52.7 Å². The highest BCUT2D eigenvalue weighted by molar-refractivity contribution is 5.89. The number of alkyl halides is 3. The van der Waals surface area contributed by atoms with Crippen LogP contribution >= 0.6 is 0 Å². The van der Waals surface area contributed by atoms with Gasteiger partial charge in [-0.3, -0.25) is 9.78 Å². The third-order valence-electron chi connectivity index (χ3n) is 7.87. The van der Waals surface area contributed by atoms with Gasteiger partial charge in [-0.25, -0.2) is 15.0 Å². The number of imidazole rings is 1. The van der Waals surface area contributed by atoms with Crippen LogP contribution in [0, 0.1) is 5.92 Å². The molecule has 3 heterocycles. The monoisotopic (exact) mass is 570 g/mol. The highest BCUT2D eigenvalue weighted by Crippen LogP contribution is 2.34. The van der Waals surface area contributed by atoms with Crippen LogP contribution in [0.2, 0.25) is 0 Å². The third kappa shape index (κ3) is 5.74. The molecular formula is C32H29F3N6O. The van der Waals surface area contributed by atoms with Crippen LogP contribution < -0.4 is 5.32 Å². The van der Waals surface area contributed by atoms with Crippen molar-refractivity contribution in [3.8, 4) is 11.5 Å². The molecule has 6 rings (SSSR count). The first-order valence-corrected chi connectivity index (χ1v) is 13.9. The molecule has 10 heteroatoms. The molecule has 0 spiro atoms. The van der Waals surface area contributed by atoms with E-state index in [9.17, 15) is 18.0 Å². The number of nitrogens with zero attached hydrogens (tertiary/aromatic N) is 5. The number of nitrogens with one attached hydrogen (secondary N) is 1. The van der Waals surface area contributed by atoms with Crippen LogP contribution in [0.4, 0.5) is 19.0 Å². The molecule has 1 atom stereocenters. The average molecular weight is 571 g/mol. The summed E-state index contributed by atoms with van der Waals surface area (Å²) in [6.45, 7) is 2.29. The number of hydrogen-bond donors (Lipinski definition) is 1. The highest BCUT2D eigenvalue weighted by Gasteiger charge is 2.30. The number of carbonyl (C=O) groups excluding carboxylic acids is 1.